The largest absolute Gasteiger partial charge is 0.123 e. The zero-order chi connectivity index (χ0) is 8.81. The van der Waals surface area contributed by atoms with Gasteiger partial charge in [-0.05, 0) is 24.2 Å². The third-order valence-electron chi connectivity index (χ3n) is 1.49. The SMILES string of the molecule is CSC(=Cc1ccccc1)SC. The molecule has 0 amide bonds. The van der Waals surface area contributed by atoms with Crippen LogP contribution in [0.1, 0.15) is 5.56 Å². The molecule has 0 bridgehead atoms. The van der Waals surface area contributed by atoms with Gasteiger partial charge in [-0.15, -0.1) is 23.5 Å². The minimum atomic E-state index is 1.27. The molecule has 1 rings (SSSR count). The van der Waals surface area contributed by atoms with E-state index in [2.05, 4.69) is 42.9 Å². The lowest BCUT2D eigenvalue weighted by Crippen LogP contribution is -1.71. The molecule has 0 spiro atoms. The Morgan fingerprint density at radius 3 is 2.17 bits per heavy atom. The lowest BCUT2D eigenvalue weighted by Gasteiger charge is -1.98. The van der Waals surface area contributed by atoms with Crippen molar-refractivity contribution in [3.63, 3.8) is 0 Å². The summed E-state index contributed by atoms with van der Waals surface area (Å²) in [6.45, 7) is 0. The van der Waals surface area contributed by atoms with Crippen LogP contribution in [-0.4, -0.2) is 12.5 Å². The van der Waals surface area contributed by atoms with Crippen LogP contribution in [0.2, 0.25) is 0 Å². The van der Waals surface area contributed by atoms with Gasteiger partial charge < -0.3 is 0 Å². The Kier molecular flexibility index (Phi) is 4.33. The third kappa shape index (κ3) is 2.95. The van der Waals surface area contributed by atoms with E-state index >= 15 is 0 Å². The summed E-state index contributed by atoms with van der Waals surface area (Å²) in [4.78, 5) is 0. The van der Waals surface area contributed by atoms with Gasteiger partial charge in [0.15, 0.2) is 0 Å². The highest BCUT2D eigenvalue weighted by Crippen LogP contribution is 2.25. The number of hydrogen-bond donors (Lipinski definition) is 0. The fourth-order valence-corrected chi connectivity index (χ4v) is 2.06. The number of rotatable bonds is 3. The summed E-state index contributed by atoms with van der Waals surface area (Å²) in [5, 5.41) is 0. The van der Waals surface area contributed by atoms with E-state index in [0.717, 1.165) is 0 Å². The normalized spacial score (nSPS) is 9.50. The van der Waals surface area contributed by atoms with Gasteiger partial charge in [0.1, 0.15) is 0 Å². The molecule has 0 atom stereocenters. The van der Waals surface area contributed by atoms with Crippen molar-refractivity contribution in [2.24, 2.45) is 0 Å². The maximum Gasteiger partial charge on any atom is 0.0401 e. The quantitative estimate of drug-likeness (QED) is 0.723. The van der Waals surface area contributed by atoms with Crippen molar-refractivity contribution in [1.29, 1.82) is 0 Å². The van der Waals surface area contributed by atoms with E-state index in [1.165, 1.54) is 9.80 Å². The first-order valence-corrected chi connectivity index (χ1v) is 6.16. The molecule has 0 nitrogen and oxygen atoms in total. The van der Waals surface area contributed by atoms with E-state index in [1.54, 1.807) is 23.5 Å². The first-order chi connectivity index (χ1) is 5.86. The van der Waals surface area contributed by atoms with Gasteiger partial charge in [-0.25, -0.2) is 0 Å². The van der Waals surface area contributed by atoms with Crippen molar-refractivity contribution >= 4 is 29.6 Å². The summed E-state index contributed by atoms with van der Waals surface area (Å²) in [6.07, 6.45) is 6.41. The highest BCUT2D eigenvalue weighted by molar-refractivity contribution is 8.21. The maximum absolute atomic E-state index is 2.20. The molecule has 0 unspecified atom stereocenters. The zero-order valence-electron chi connectivity index (χ0n) is 7.28. The van der Waals surface area contributed by atoms with Gasteiger partial charge >= 0.3 is 0 Å². The Hall–Kier alpha value is -0.340. The van der Waals surface area contributed by atoms with E-state index in [-0.39, 0.29) is 0 Å². The number of hydrogen-bond acceptors (Lipinski definition) is 2. The highest BCUT2D eigenvalue weighted by Gasteiger charge is 1.91. The molecule has 64 valence electrons. The Bertz CT molecular complexity index is 246. The van der Waals surface area contributed by atoms with Crippen LogP contribution in [0.4, 0.5) is 0 Å². The monoisotopic (exact) mass is 196 g/mol. The minimum Gasteiger partial charge on any atom is -0.123 e. The van der Waals surface area contributed by atoms with Gasteiger partial charge in [-0.1, -0.05) is 30.3 Å². The molecule has 0 saturated carbocycles. The maximum atomic E-state index is 2.20. The molecule has 2 heteroatoms. The molecule has 0 aliphatic heterocycles. The van der Waals surface area contributed by atoms with Crippen LogP contribution in [0.3, 0.4) is 0 Å². The topological polar surface area (TPSA) is 0 Å². The average molecular weight is 196 g/mol. The molecular weight excluding hydrogens is 184 g/mol. The summed E-state index contributed by atoms with van der Waals surface area (Å²) in [7, 11) is 0. The molecule has 1 aromatic carbocycles. The van der Waals surface area contributed by atoms with Crippen LogP contribution >= 0.6 is 23.5 Å². The van der Waals surface area contributed by atoms with Crippen LogP contribution in [0.25, 0.3) is 6.08 Å². The predicted molar refractivity (Wildman–Crippen MR) is 61.4 cm³/mol. The summed E-state index contributed by atoms with van der Waals surface area (Å²) in [5.74, 6) is 0. The van der Waals surface area contributed by atoms with Crippen molar-refractivity contribution < 1.29 is 0 Å². The zero-order valence-corrected chi connectivity index (χ0v) is 8.91. The number of benzene rings is 1. The number of thioether (sulfide) groups is 2. The van der Waals surface area contributed by atoms with Crippen LogP contribution in [0, 0.1) is 0 Å². The van der Waals surface area contributed by atoms with E-state index in [4.69, 9.17) is 0 Å². The van der Waals surface area contributed by atoms with Crippen molar-refractivity contribution in [3.8, 4) is 0 Å². The highest BCUT2D eigenvalue weighted by atomic mass is 32.2. The molecule has 1 aromatic rings. The molecule has 0 aliphatic carbocycles. The van der Waals surface area contributed by atoms with Crippen LogP contribution < -0.4 is 0 Å². The standard InChI is InChI=1S/C10H12S2/c1-11-10(12-2)8-9-6-4-3-5-7-9/h3-8H,1-2H3. The van der Waals surface area contributed by atoms with Gasteiger partial charge in [-0.3, -0.25) is 0 Å². The predicted octanol–water partition coefficient (Wildman–Crippen LogP) is 3.71. The van der Waals surface area contributed by atoms with Crippen molar-refractivity contribution in [2.75, 3.05) is 12.5 Å². The average Bonchev–Trinajstić information content (AvgIpc) is 2.16. The van der Waals surface area contributed by atoms with Crippen molar-refractivity contribution in [2.45, 2.75) is 0 Å². The van der Waals surface area contributed by atoms with E-state index in [0.29, 0.717) is 0 Å². The molecule has 0 N–H and O–H groups in total. The summed E-state index contributed by atoms with van der Waals surface area (Å²) < 4.78 is 1.35. The van der Waals surface area contributed by atoms with Gasteiger partial charge in [0.25, 0.3) is 0 Å². The fourth-order valence-electron chi connectivity index (χ4n) is 0.887. The smallest absolute Gasteiger partial charge is 0.0401 e. The van der Waals surface area contributed by atoms with Crippen molar-refractivity contribution in [3.05, 3.63) is 40.1 Å². The molecule has 0 radical (unpaired) electrons. The minimum absolute atomic E-state index is 1.27. The third-order valence-corrected chi connectivity index (χ3v) is 3.53. The molecule has 0 aliphatic rings. The second-order valence-corrected chi connectivity index (χ2v) is 4.24. The van der Waals surface area contributed by atoms with Crippen LogP contribution in [0.15, 0.2) is 34.6 Å². The molecule has 0 fully saturated rings. The van der Waals surface area contributed by atoms with Gasteiger partial charge in [0, 0.05) is 4.24 Å². The van der Waals surface area contributed by atoms with E-state index < -0.39 is 0 Å². The van der Waals surface area contributed by atoms with E-state index in [1.807, 2.05) is 6.07 Å². The lowest BCUT2D eigenvalue weighted by molar-refractivity contribution is 1.66. The summed E-state index contributed by atoms with van der Waals surface area (Å²) in [6, 6.07) is 10.4. The molecule has 0 saturated heterocycles. The van der Waals surface area contributed by atoms with Crippen LogP contribution in [0.5, 0.6) is 0 Å². The first-order valence-electron chi connectivity index (χ1n) is 3.71. The lowest BCUT2D eigenvalue weighted by atomic mass is 10.2. The summed E-state index contributed by atoms with van der Waals surface area (Å²) >= 11 is 3.58. The molecule has 12 heavy (non-hydrogen) atoms. The van der Waals surface area contributed by atoms with Crippen molar-refractivity contribution in [1.82, 2.24) is 0 Å². The first kappa shape index (κ1) is 9.75. The Morgan fingerprint density at radius 1 is 1.08 bits per heavy atom. The molecule has 0 heterocycles. The Labute approximate surface area is 82.4 Å². The van der Waals surface area contributed by atoms with Gasteiger partial charge in [0.05, 0.1) is 0 Å². The van der Waals surface area contributed by atoms with Crippen LogP contribution in [-0.2, 0) is 0 Å². The van der Waals surface area contributed by atoms with Gasteiger partial charge in [-0.2, -0.15) is 0 Å². The summed E-state index contributed by atoms with van der Waals surface area (Å²) in [5.41, 5.74) is 1.27. The van der Waals surface area contributed by atoms with E-state index in [9.17, 15) is 0 Å². The Balaban J connectivity index is 2.79. The fraction of sp³-hybridized carbons (Fsp3) is 0.200. The van der Waals surface area contributed by atoms with Gasteiger partial charge in [0.2, 0.25) is 0 Å². The molecular formula is C10H12S2. The second-order valence-electron chi connectivity index (χ2n) is 2.28. The molecule has 0 aromatic heterocycles. The second kappa shape index (κ2) is 5.33. The Morgan fingerprint density at radius 2 is 1.67 bits per heavy atom.